The Hall–Kier alpha value is -6.54. The summed E-state index contributed by atoms with van der Waals surface area (Å²) >= 11 is 1.80. The van der Waals surface area contributed by atoms with E-state index in [1.165, 1.54) is 119 Å². The summed E-state index contributed by atoms with van der Waals surface area (Å²) in [5.41, 5.74) is 9.00. The molecule has 262 valence electrons. The van der Waals surface area contributed by atoms with Crippen LogP contribution in [0.15, 0.2) is 181 Å². The third kappa shape index (κ3) is 4.47. The van der Waals surface area contributed by atoms with Crippen LogP contribution in [0.1, 0.15) is 19.4 Å². The lowest BCUT2D eigenvalue weighted by molar-refractivity contribution is 0.647. The second-order valence-electron chi connectivity index (χ2n) is 16.0. The summed E-state index contributed by atoms with van der Waals surface area (Å²) in [5.74, 6) is 0. The highest BCUT2D eigenvalue weighted by Crippen LogP contribution is 2.49. The highest BCUT2D eigenvalue weighted by Gasteiger charge is 2.32. The van der Waals surface area contributed by atoms with Crippen molar-refractivity contribution in [2.75, 3.05) is 0 Å². The molecule has 0 aliphatic heterocycles. The van der Waals surface area contributed by atoms with Crippen LogP contribution in [0, 0.1) is 5.41 Å². The highest BCUT2D eigenvalue weighted by molar-refractivity contribution is 7.13. The van der Waals surface area contributed by atoms with Gasteiger partial charge in [0.1, 0.15) is 0 Å². The van der Waals surface area contributed by atoms with Crippen molar-refractivity contribution in [3.63, 3.8) is 0 Å². The lowest BCUT2D eigenvalue weighted by Gasteiger charge is -2.31. The Morgan fingerprint density at radius 3 is 1.45 bits per heavy atom. The molecular weight excluding hydrogens is 693 g/mol. The Labute approximate surface area is 329 Å². The number of hydrogen-bond donors (Lipinski definition) is 0. The number of allylic oxidation sites excluding steroid dienone is 4. The molecule has 1 heteroatoms. The standard InChI is InChI=1S/C55H36S/c1-55(2)32-35(29-34-28-33-30-49-40-18-7-3-14-36(40)37-15-4-8-19-41(37)50(49)31-48(33)54(34)55)52-43-20-9-11-22-45(43)53(46-23-12-10-21-44(46)52)47-26-25-42(51-24-13-27-56-51)38-16-5-6-17-39(38)47/h3-32H,1-2H3. The molecule has 1 aromatic heterocycles. The van der Waals surface area contributed by atoms with E-state index in [9.17, 15) is 0 Å². The number of hydrogen-bond acceptors (Lipinski definition) is 1. The van der Waals surface area contributed by atoms with Crippen molar-refractivity contribution in [1.29, 1.82) is 0 Å². The van der Waals surface area contributed by atoms with Crippen molar-refractivity contribution in [1.82, 2.24) is 0 Å². The van der Waals surface area contributed by atoms with E-state index in [1.54, 1.807) is 11.3 Å². The first kappa shape index (κ1) is 31.8. The minimum absolute atomic E-state index is 0.198. The fourth-order valence-electron chi connectivity index (χ4n) is 10.2. The van der Waals surface area contributed by atoms with Crippen LogP contribution in [0.5, 0.6) is 0 Å². The molecule has 0 bridgehead atoms. The number of rotatable bonds is 3. The van der Waals surface area contributed by atoms with Gasteiger partial charge in [0.15, 0.2) is 0 Å². The van der Waals surface area contributed by atoms with Crippen LogP contribution >= 0.6 is 11.3 Å². The molecule has 9 aromatic carbocycles. The summed E-state index contributed by atoms with van der Waals surface area (Å²) in [4.78, 5) is 1.30. The average Bonchev–Trinajstić information content (AvgIpc) is 3.90. The van der Waals surface area contributed by atoms with Gasteiger partial charge in [-0.2, -0.15) is 0 Å². The lowest BCUT2D eigenvalue weighted by Crippen LogP contribution is -2.28. The fourth-order valence-corrected chi connectivity index (χ4v) is 11.0. The van der Waals surface area contributed by atoms with Gasteiger partial charge in [-0.25, -0.2) is 0 Å². The first-order chi connectivity index (χ1) is 27.5. The van der Waals surface area contributed by atoms with E-state index in [4.69, 9.17) is 0 Å². The summed E-state index contributed by atoms with van der Waals surface area (Å²) < 4.78 is 0. The average molecular weight is 729 g/mol. The van der Waals surface area contributed by atoms with Crippen molar-refractivity contribution in [2.24, 2.45) is 5.41 Å². The van der Waals surface area contributed by atoms with Crippen LogP contribution in [0.3, 0.4) is 0 Å². The summed E-state index contributed by atoms with van der Waals surface area (Å²) in [6.45, 7) is 4.81. The molecule has 2 aliphatic rings. The third-order valence-corrected chi connectivity index (χ3v) is 13.4. The minimum Gasteiger partial charge on any atom is -0.144 e. The molecule has 0 spiro atoms. The smallest absolute Gasteiger partial charge is 0.0348 e. The van der Waals surface area contributed by atoms with Gasteiger partial charge in [-0.3, -0.25) is 0 Å². The van der Waals surface area contributed by atoms with Crippen molar-refractivity contribution in [3.8, 4) is 21.6 Å². The van der Waals surface area contributed by atoms with Crippen molar-refractivity contribution in [2.45, 2.75) is 13.8 Å². The van der Waals surface area contributed by atoms with Crippen LogP contribution in [0.2, 0.25) is 0 Å². The molecule has 0 saturated carbocycles. The number of fused-ring (bicyclic) bond motifs is 11. The maximum absolute atomic E-state index is 2.54. The molecule has 0 saturated heterocycles. The largest absolute Gasteiger partial charge is 0.144 e. The summed E-state index contributed by atoms with van der Waals surface area (Å²) in [5, 5.41) is 20.5. The molecule has 0 atom stereocenters. The lowest BCUT2D eigenvalue weighted by atomic mass is 9.73. The zero-order valence-electron chi connectivity index (χ0n) is 31.2. The molecule has 0 amide bonds. The molecule has 0 radical (unpaired) electrons. The Morgan fingerprint density at radius 2 is 0.875 bits per heavy atom. The SMILES string of the molecule is CC1(C)C=C(c2c3ccccc3c(-c3ccc(-c4cccs4)c4ccccc34)c3ccccc23)C=C2C=c3cc4c5ccccc5c5ccccc5c4cc3=C21. The minimum atomic E-state index is -0.198. The van der Waals surface area contributed by atoms with E-state index in [0.29, 0.717) is 0 Å². The van der Waals surface area contributed by atoms with E-state index in [1.807, 2.05) is 0 Å². The van der Waals surface area contributed by atoms with Gasteiger partial charge in [-0.15, -0.1) is 11.3 Å². The van der Waals surface area contributed by atoms with E-state index in [0.717, 1.165) is 0 Å². The molecule has 0 fully saturated rings. The van der Waals surface area contributed by atoms with Gasteiger partial charge >= 0.3 is 0 Å². The predicted octanol–water partition coefficient (Wildman–Crippen LogP) is 14.0. The van der Waals surface area contributed by atoms with Gasteiger partial charge in [-0.05, 0) is 150 Å². The van der Waals surface area contributed by atoms with Crippen LogP contribution < -0.4 is 10.4 Å². The Kier molecular flexibility index (Phi) is 6.66. The maximum Gasteiger partial charge on any atom is 0.0348 e. The Morgan fingerprint density at radius 1 is 0.393 bits per heavy atom. The van der Waals surface area contributed by atoms with Gasteiger partial charge in [0, 0.05) is 10.3 Å². The molecule has 12 rings (SSSR count). The molecule has 0 nitrogen and oxygen atoms in total. The molecule has 56 heavy (non-hydrogen) atoms. The molecule has 0 unspecified atom stereocenters. The van der Waals surface area contributed by atoms with E-state index in [2.05, 4.69) is 195 Å². The van der Waals surface area contributed by atoms with Crippen LogP contribution in [-0.2, 0) is 0 Å². The zero-order valence-corrected chi connectivity index (χ0v) is 32.0. The van der Waals surface area contributed by atoms with E-state index >= 15 is 0 Å². The Bertz CT molecular complexity index is 3480. The fraction of sp³-hybridized carbons (Fsp3) is 0.0545. The second kappa shape index (κ2) is 11.7. The van der Waals surface area contributed by atoms with Crippen molar-refractivity contribution >= 4 is 93.2 Å². The zero-order chi connectivity index (χ0) is 37.1. The van der Waals surface area contributed by atoms with Gasteiger partial charge < -0.3 is 0 Å². The van der Waals surface area contributed by atoms with Gasteiger partial charge in [-0.1, -0.05) is 159 Å². The second-order valence-corrected chi connectivity index (χ2v) is 17.0. The summed E-state index contributed by atoms with van der Waals surface area (Å²) in [7, 11) is 0. The van der Waals surface area contributed by atoms with E-state index < -0.39 is 0 Å². The Balaban J connectivity index is 1.11. The molecular formula is C55H36S. The molecule has 10 aromatic rings. The maximum atomic E-state index is 2.54. The number of thiophene rings is 1. The highest BCUT2D eigenvalue weighted by atomic mass is 32.1. The third-order valence-electron chi connectivity index (χ3n) is 12.5. The van der Waals surface area contributed by atoms with Crippen LogP contribution in [0.4, 0.5) is 0 Å². The van der Waals surface area contributed by atoms with Gasteiger partial charge in [0.05, 0.1) is 0 Å². The van der Waals surface area contributed by atoms with Gasteiger partial charge in [0.25, 0.3) is 0 Å². The van der Waals surface area contributed by atoms with Crippen LogP contribution in [0.25, 0.3) is 103 Å². The van der Waals surface area contributed by atoms with E-state index in [-0.39, 0.29) is 5.41 Å². The predicted molar refractivity (Wildman–Crippen MR) is 244 cm³/mol. The quantitative estimate of drug-likeness (QED) is 0.126. The molecule has 1 heterocycles. The molecule has 0 N–H and O–H groups in total. The topological polar surface area (TPSA) is 0 Å². The van der Waals surface area contributed by atoms with Crippen molar-refractivity contribution in [3.05, 3.63) is 197 Å². The number of benzene rings is 9. The first-order valence-electron chi connectivity index (χ1n) is 19.6. The normalized spacial score (nSPS) is 14.7. The summed E-state index contributed by atoms with van der Waals surface area (Å²) in [6.07, 6.45) is 7.46. The summed E-state index contributed by atoms with van der Waals surface area (Å²) in [6, 6.07) is 58.9. The van der Waals surface area contributed by atoms with Crippen LogP contribution in [-0.4, -0.2) is 0 Å². The molecule has 2 aliphatic carbocycles. The van der Waals surface area contributed by atoms with Gasteiger partial charge in [0.2, 0.25) is 0 Å². The van der Waals surface area contributed by atoms with Crippen molar-refractivity contribution < 1.29 is 0 Å². The monoisotopic (exact) mass is 728 g/mol. The first-order valence-corrected chi connectivity index (χ1v) is 20.5.